The summed E-state index contributed by atoms with van der Waals surface area (Å²) in [5.74, 6) is -3.19. The second-order valence-electron chi connectivity index (χ2n) is 7.52. The van der Waals surface area contributed by atoms with Crippen LogP contribution in [0, 0.1) is 11.6 Å². The largest absolute Gasteiger partial charge is 0.497 e. The zero-order valence-corrected chi connectivity index (χ0v) is 19.9. The van der Waals surface area contributed by atoms with Gasteiger partial charge >= 0.3 is 6.61 Å². The van der Waals surface area contributed by atoms with Crippen molar-refractivity contribution in [3.05, 3.63) is 87.3 Å². The number of anilines is 1. The highest BCUT2D eigenvalue weighted by atomic mass is 35.5. The maximum absolute atomic E-state index is 15.1. The molecule has 37 heavy (non-hydrogen) atoms. The fraction of sp³-hybridized carbons (Fsp3) is 0.125. The molecular formula is C24H17ClF4N4O4. The van der Waals surface area contributed by atoms with Crippen molar-refractivity contribution in [1.82, 2.24) is 14.3 Å². The third-order valence-corrected chi connectivity index (χ3v) is 5.49. The lowest BCUT2D eigenvalue weighted by atomic mass is 10.1. The summed E-state index contributed by atoms with van der Waals surface area (Å²) in [6, 6.07) is 9.34. The molecule has 0 atom stereocenters. The topological polar surface area (TPSA) is 87.4 Å². The van der Waals surface area contributed by atoms with Gasteiger partial charge in [-0.15, -0.1) is 0 Å². The first-order valence-electron chi connectivity index (χ1n) is 10.4. The Morgan fingerprint density at radius 2 is 1.70 bits per heavy atom. The third kappa shape index (κ3) is 5.14. The fourth-order valence-electron chi connectivity index (χ4n) is 3.62. The van der Waals surface area contributed by atoms with Gasteiger partial charge in [0, 0.05) is 30.9 Å². The first kappa shape index (κ1) is 25.8. The zero-order chi connectivity index (χ0) is 26.9. The summed E-state index contributed by atoms with van der Waals surface area (Å²) in [7, 11) is 2.58. The summed E-state index contributed by atoms with van der Waals surface area (Å²) in [6.07, 6.45) is 1.27. The molecule has 4 rings (SSSR count). The number of hydrogen-bond acceptors (Lipinski definition) is 5. The van der Waals surface area contributed by atoms with E-state index in [9.17, 15) is 18.4 Å². The Morgan fingerprint density at radius 3 is 2.24 bits per heavy atom. The number of methoxy groups -OCH3 is 1. The van der Waals surface area contributed by atoms with Crippen LogP contribution in [0.3, 0.4) is 0 Å². The monoisotopic (exact) mass is 536 g/mol. The van der Waals surface area contributed by atoms with Gasteiger partial charge in [0.25, 0.3) is 11.5 Å². The molecule has 1 amide bonds. The quantitative estimate of drug-likeness (QED) is 0.335. The number of carbonyl (C=O) groups excluding carboxylic acids is 1. The Kier molecular flexibility index (Phi) is 7.21. The molecule has 0 radical (unpaired) electrons. The van der Waals surface area contributed by atoms with E-state index in [1.165, 1.54) is 44.6 Å². The molecule has 1 N–H and O–H groups in total. The lowest BCUT2D eigenvalue weighted by Crippen LogP contribution is -2.23. The van der Waals surface area contributed by atoms with E-state index in [-0.39, 0.29) is 33.6 Å². The summed E-state index contributed by atoms with van der Waals surface area (Å²) in [5.41, 5.74) is -2.26. The third-order valence-electron chi connectivity index (χ3n) is 5.26. The van der Waals surface area contributed by atoms with Crippen LogP contribution in [0.25, 0.3) is 17.1 Å². The molecule has 0 aliphatic carbocycles. The van der Waals surface area contributed by atoms with Gasteiger partial charge in [-0.3, -0.25) is 14.3 Å². The van der Waals surface area contributed by atoms with Gasteiger partial charge in [-0.1, -0.05) is 11.6 Å². The highest BCUT2D eigenvalue weighted by molar-refractivity contribution is 6.30. The predicted octanol–water partition coefficient (Wildman–Crippen LogP) is 5.03. The van der Waals surface area contributed by atoms with E-state index in [2.05, 4.69) is 15.0 Å². The summed E-state index contributed by atoms with van der Waals surface area (Å²) in [4.78, 5) is 30.5. The smallest absolute Gasteiger partial charge is 0.387 e. The molecule has 0 saturated heterocycles. The minimum atomic E-state index is -3.05. The van der Waals surface area contributed by atoms with E-state index < -0.39 is 41.0 Å². The Morgan fingerprint density at radius 1 is 1.05 bits per heavy atom. The van der Waals surface area contributed by atoms with Crippen LogP contribution in [-0.4, -0.2) is 34.0 Å². The van der Waals surface area contributed by atoms with E-state index in [0.29, 0.717) is 0 Å². The molecule has 0 aliphatic rings. The number of pyridine rings is 1. The van der Waals surface area contributed by atoms with E-state index in [4.69, 9.17) is 16.3 Å². The van der Waals surface area contributed by atoms with E-state index >= 15 is 8.78 Å². The molecule has 0 unspecified atom stereocenters. The molecule has 2 heterocycles. The minimum Gasteiger partial charge on any atom is -0.497 e. The number of rotatable bonds is 7. The average molecular weight is 537 g/mol. The summed E-state index contributed by atoms with van der Waals surface area (Å²) in [6.45, 7) is -3.05. The van der Waals surface area contributed by atoms with E-state index in [1.54, 1.807) is 0 Å². The van der Waals surface area contributed by atoms with Crippen molar-refractivity contribution in [2.24, 2.45) is 7.05 Å². The standard InChI is InChI=1S/C24H17ClF4N4O4/c1-32-21(19-16(26)9-15(36-2)10-17(19)27)20(23(35)33(32)18-8-5-13(25)11-30-18)31-22(34)12-3-6-14(7-4-12)37-24(28)29/h3-11,24H,1-2H3,(H,31,34). The minimum absolute atomic E-state index is 0.0392. The van der Waals surface area contributed by atoms with Crippen molar-refractivity contribution in [1.29, 1.82) is 0 Å². The Hall–Kier alpha value is -4.32. The van der Waals surface area contributed by atoms with Crippen LogP contribution >= 0.6 is 11.6 Å². The van der Waals surface area contributed by atoms with Gasteiger partial charge in [-0.25, -0.2) is 13.8 Å². The summed E-state index contributed by atoms with van der Waals surface area (Å²) < 4.78 is 66.2. The Labute approximate surface area is 211 Å². The molecule has 4 aromatic rings. The van der Waals surface area contributed by atoms with Gasteiger partial charge in [0.1, 0.15) is 34.5 Å². The molecule has 0 aliphatic heterocycles. The van der Waals surface area contributed by atoms with E-state index in [0.717, 1.165) is 33.6 Å². The second kappa shape index (κ2) is 10.3. The van der Waals surface area contributed by atoms with Crippen molar-refractivity contribution in [3.63, 3.8) is 0 Å². The zero-order valence-electron chi connectivity index (χ0n) is 19.1. The number of carbonyl (C=O) groups is 1. The molecule has 2 aromatic heterocycles. The number of halogens is 5. The number of ether oxygens (including phenoxy) is 2. The highest BCUT2D eigenvalue weighted by Gasteiger charge is 2.28. The van der Waals surface area contributed by atoms with Gasteiger partial charge < -0.3 is 14.8 Å². The van der Waals surface area contributed by atoms with Crippen molar-refractivity contribution in [3.8, 4) is 28.6 Å². The molecule has 8 nitrogen and oxygen atoms in total. The lowest BCUT2D eigenvalue weighted by Gasteiger charge is -2.13. The van der Waals surface area contributed by atoms with Crippen LogP contribution in [0.5, 0.6) is 11.5 Å². The summed E-state index contributed by atoms with van der Waals surface area (Å²) in [5, 5.41) is 2.66. The molecular weight excluding hydrogens is 520 g/mol. The first-order valence-corrected chi connectivity index (χ1v) is 10.8. The van der Waals surface area contributed by atoms with Crippen LogP contribution in [0.1, 0.15) is 10.4 Å². The lowest BCUT2D eigenvalue weighted by molar-refractivity contribution is -0.0498. The van der Waals surface area contributed by atoms with Crippen LogP contribution in [-0.2, 0) is 7.05 Å². The number of benzene rings is 2. The van der Waals surface area contributed by atoms with E-state index in [1.807, 2.05) is 0 Å². The summed E-state index contributed by atoms with van der Waals surface area (Å²) >= 11 is 5.88. The van der Waals surface area contributed by atoms with Crippen LogP contribution < -0.4 is 20.3 Å². The normalized spacial score (nSPS) is 11.0. The van der Waals surface area contributed by atoms with Crippen molar-refractivity contribution < 1.29 is 31.8 Å². The molecule has 0 fully saturated rings. The molecule has 192 valence electrons. The van der Waals surface area contributed by atoms with Crippen LogP contribution in [0.15, 0.2) is 59.5 Å². The number of alkyl halides is 2. The van der Waals surface area contributed by atoms with Crippen LogP contribution in [0.4, 0.5) is 23.2 Å². The molecule has 13 heteroatoms. The number of nitrogens with one attached hydrogen (secondary N) is 1. The SMILES string of the molecule is COc1cc(F)c(-c2c(NC(=O)c3ccc(OC(F)F)cc3)c(=O)n(-c3ccc(Cl)cn3)n2C)c(F)c1. The van der Waals surface area contributed by atoms with Gasteiger partial charge in [-0.05, 0) is 36.4 Å². The van der Waals surface area contributed by atoms with Crippen molar-refractivity contribution in [2.75, 3.05) is 12.4 Å². The highest BCUT2D eigenvalue weighted by Crippen LogP contribution is 2.34. The number of nitrogens with zero attached hydrogens (tertiary/aromatic N) is 3. The number of amides is 1. The van der Waals surface area contributed by atoms with Gasteiger partial charge in [-0.2, -0.15) is 13.5 Å². The van der Waals surface area contributed by atoms with Gasteiger partial charge in [0.2, 0.25) is 0 Å². The molecule has 0 saturated carbocycles. The fourth-order valence-corrected chi connectivity index (χ4v) is 3.73. The second-order valence-corrected chi connectivity index (χ2v) is 7.96. The van der Waals surface area contributed by atoms with Crippen molar-refractivity contribution in [2.45, 2.75) is 6.61 Å². The molecule has 2 aromatic carbocycles. The first-order chi connectivity index (χ1) is 17.6. The number of hydrogen-bond donors (Lipinski definition) is 1. The number of aromatic nitrogens is 3. The maximum Gasteiger partial charge on any atom is 0.387 e. The average Bonchev–Trinajstić information content (AvgIpc) is 3.08. The van der Waals surface area contributed by atoms with Crippen molar-refractivity contribution >= 4 is 23.2 Å². The predicted molar refractivity (Wildman–Crippen MR) is 127 cm³/mol. The van der Waals surface area contributed by atoms with Crippen LogP contribution in [0.2, 0.25) is 5.02 Å². The Bertz CT molecular complexity index is 1500. The Balaban J connectivity index is 1.86. The van der Waals surface area contributed by atoms with Gasteiger partial charge in [0.05, 0.1) is 17.7 Å². The molecule has 0 spiro atoms. The van der Waals surface area contributed by atoms with Gasteiger partial charge in [0.15, 0.2) is 5.82 Å². The molecule has 0 bridgehead atoms. The maximum atomic E-state index is 15.1.